The van der Waals surface area contributed by atoms with Crippen LogP contribution in [-0.2, 0) is 16.4 Å². The van der Waals surface area contributed by atoms with Crippen molar-refractivity contribution in [2.45, 2.75) is 44.0 Å². The molecule has 0 spiro atoms. The molecule has 1 saturated carbocycles. The van der Waals surface area contributed by atoms with Gasteiger partial charge in [-0.15, -0.1) is 0 Å². The summed E-state index contributed by atoms with van der Waals surface area (Å²) in [5.74, 6) is 0.346. The van der Waals surface area contributed by atoms with Crippen LogP contribution in [0.5, 0.6) is 0 Å². The fourth-order valence-corrected chi connectivity index (χ4v) is 3.96. The van der Waals surface area contributed by atoms with Gasteiger partial charge in [-0.05, 0) is 30.7 Å². The lowest BCUT2D eigenvalue weighted by Gasteiger charge is -2.23. The van der Waals surface area contributed by atoms with E-state index in [1.807, 2.05) is 6.08 Å². The van der Waals surface area contributed by atoms with Crippen LogP contribution >= 0.6 is 0 Å². The molecule has 0 atom stereocenters. The quantitative estimate of drug-likeness (QED) is 0.657. The van der Waals surface area contributed by atoms with Crippen molar-refractivity contribution in [2.75, 3.05) is 13.1 Å². The standard InChI is InChI=1S/C18H24F3NO2S/c19-18(20,21)25(23,24)22(15-13-17-10-5-2-6-11-17)14-7-12-16-8-3-1-4-9-16/h2,5-7,10-12,16H,1,3-4,8-9,13-15H2/b12-7+. The Morgan fingerprint density at radius 2 is 1.72 bits per heavy atom. The Morgan fingerprint density at radius 1 is 1.08 bits per heavy atom. The van der Waals surface area contributed by atoms with Crippen molar-refractivity contribution in [2.24, 2.45) is 5.92 Å². The molecule has 2 rings (SSSR count). The van der Waals surface area contributed by atoms with Crippen molar-refractivity contribution in [1.29, 1.82) is 0 Å². The average Bonchev–Trinajstić information content (AvgIpc) is 2.58. The Bertz CT molecular complexity index is 651. The number of hydrogen-bond donors (Lipinski definition) is 0. The van der Waals surface area contributed by atoms with Gasteiger partial charge in [0.15, 0.2) is 0 Å². The van der Waals surface area contributed by atoms with E-state index in [9.17, 15) is 21.6 Å². The summed E-state index contributed by atoms with van der Waals surface area (Å²) in [4.78, 5) is 0. The normalized spacial score (nSPS) is 17.4. The first-order chi connectivity index (χ1) is 11.8. The summed E-state index contributed by atoms with van der Waals surface area (Å²) in [5, 5.41) is 0. The highest BCUT2D eigenvalue weighted by molar-refractivity contribution is 7.90. The number of halogens is 3. The predicted molar refractivity (Wildman–Crippen MR) is 92.4 cm³/mol. The van der Waals surface area contributed by atoms with Gasteiger partial charge in [0, 0.05) is 13.1 Å². The first-order valence-corrected chi connectivity index (χ1v) is 10.0. The van der Waals surface area contributed by atoms with Crippen molar-refractivity contribution in [3.63, 3.8) is 0 Å². The molecule has 0 heterocycles. The van der Waals surface area contributed by atoms with Gasteiger partial charge in [0.1, 0.15) is 0 Å². The Kier molecular flexibility index (Phi) is 7.07. The molecule has 0 N–H and O–H groups in total. The third-order valence-corrected chi connectivity index (χ3v) is 6.09. The molecule has 0 unspecified atom stereocenters. The second-order valence-electron chi connectivity index (χ2n) is 6.37. The van der Waals surface area contributed by atoms with Crippen LogP contribution in [0.1, 0.15) is 37.7 Å². The van der Waals surface area contributed by atoms with Gasteiger partial charge in [0.05, 0.1) is 0 Å². The molecule has 1 aromatic rings. The zero-order chi connectivity index (χ0) is 18.3. The molecule has 0 amide bonds. The van der Waals surface area contributed by atoms with E-state index in [1.54, 1.807) is 36.4 Å². The van der Waals surface area contributed by atoms with E-state index in [2.05, 4.69) is 0 Å². The third kappa shape index (κ3) is 5.85. The summed E-state index contributed by atoms with van der Waals surface area (Å²) in [6, 6.07) is 8.91. The summed E-state index contributed by atoms with van der Waals surface area (Å²) < 4.78 is 63.0. The highest BCUT2D eigenvalue weighted by atomic mass is 32.2. The highest BCUT2D eigenvalue weighted by Crippen LogP contribution is 2.28. The molecule has 0 aromatic heterocycles. The van der Waals surface area contributed by atoms with E-state index in [1.165, 1.54) is 6.42 Å². The molecule has 3 nitrogen and oxygen atoms in total. The number of nitrogens with zero attached hydrogens (tertiary/aromatic N) is 1. The van der Waals surface area contributed by atoms with Gasteiger partial charge in [-0.3, -0.25) is 0 Å². The summed E-state index contributed by atoms with van der Waals surface area (Å²) in [5.41, 5.74) is -4.47. The van der Waals surface area contributed by atoms with Gasteiger partial charge < -0.3 is 0 Å². The number of alkyl halides is 3. The van der Waals surface area contributed by atoms with Crippen molar-refractivity contribution >= 4 is 10.0 Å². The second kappa shape index (κ2) is 8.85. The van der Waals surface area contributed by atoms with Crippen LogP contribution in [-0.4, -0.2) is 31.3 Å². The first kappa shape index (κ1) is 20.0. The zero-order valence-electron chi connectivity index (χ0n) is 14.1. The minimum absolute atomic E-state index is 0.194. The van der Waals surface area contributed by atoms with Crippen molar-refractivity contribution in [3.05, 3.63) is 48.0 Å². The number of hydrogen-bond acceptors (Lipinski definition) is 2. The van der Waals surface area contributed by atoms with Gasteiger partial charge in [-0.25, -0.2) is 8.42 Å². The van der Waals surface area contributed by atoms with Gasteiger partial charge in [0.2, 0.25) is 0 Å². The van der Waals surface area contributed by atoms with E-state index in [0.717, 1.165) is 31.2 Å². The highest BCUT2D eigenvalue weighted by Gasteiger charge is 2.49. The van der Waals surface area contributed by atoms with Crippen LogP contribution in [0.2, 0.25) is 0 Å². The SMILES string of the molecule is O=S(=O)(N(C/C=C/C1CCCCC1)CCc1ccccc1)C(F)(F)F. The topological polar surface area (TPSA) is 37.4 Å². The van der Waals surface area contributed by atoms with E-state index in [4.69, 9.17) is 0 Å². The molecule has 1 fully saturated rings. The fourth-order valence-electron chi connectivity index (χ4n) is 3.05. The van der Waals surface area contributed by atoms with Crippen LogP contribution in [0.15, 0.2) is 42.5 Å². The predicted octanol–water partition coefficient (Wildman–Crippen LogP) is 4.52. The van der Waals surface area contributed by atoms with E-state index in [0.29, 0.717) is 10.2 Å². The molecule has 0 aliphatic heterocycles. The summed E-state index contributed by atoms with van der Waals surface area (Å²) in [6.45, 7) is -0.438. The minimum Gasteiger partial charge on any atom is -0.203 e. The molecule has 1 aliphatic carbocycles. The Hall–Kier alpha value is -1.34. The van der Waals surface area contributed by atoms with Crippen LogP contribution < -0.4 is 0 Å². The molecule has 1 aliphatic rings. The molecule has 140 valence electrons. The van der Waals surface area contributed by atoms with E-state index >= 15 is 0 Å². The monoisotopic (exact) mass is 375 g/mol. The molecule has 0 bridgehead atoms. The van der Waals surface area contributed by atoms with Gasteiger partial charge >= 0.3 is 15.5 Å². The van der Waals surface area contributed by atoms with Crippen molar-refractivity contribution < 1.29 is 21.6 Å². The Labute approximate surface area is 147 Å². The number of allylic oxidation sites excluding steroid dienone is 1. The molecular weight excluding hydrogens is 351 g/mol. The number of sulfonamides is 1. The number of rotatable bonds is 7. The molecular formula is C18H24F3NO2S. The molecule has 1 aromatic carbocycles. The second-order valence-corrected chi connectivity index (χ2v) is 8.30. The van der Waals surface area contributed by atoms with Crippen LogP contribution in [0, 0.1) is 5.92 Å². The number of benzene rings is 1. The maximum absolute atomic E-state index is 12.9. The van der Waals surface area contributed by atoms with Gasteiger partial charge in [-0.2, -0.15) is 17.5 Å². The van der Waals surface area contributed by atoms with Crippen molar-refractivity contribution in [1.82, 2.24) is 4.31 Å². The fraction of sp³-hybridized carbons (Fsp3) is 0.556. The largest absolute Gasteiger partial charge is 0.511 e. The average molecular weight is 375 g/mol. The lowest BCUT2D eigenvalue weighted by molar-refractivity contribution is -0.0486. The lowest BCUT2D eigenvalue weighted by atomic mass is 9.89. The van der Waals surface area contributed by atoms with Crippen molar-refractivity contribution in [3.8, 4) is 0 Å². The van der Waals surface area contributed by atoms with Crippen LogP contribution in [0.3, 0.4) is 0 Å². The van der Waals surface area contributed by atoms with E-state index < -0.39 is 15.5 Å². The first-order valence-electron chi connectivity index (χ1n) is 8.58. The van der Waals surface area contributed by atoms with Crippen LogP contribution in [0.25, 0.3) is 0 Å². The maximum Gasteiger partial charge on any atom is 0.511 e. The van der Waals surface area contributed by atoms with Gasteiger partial charge in [0.25, 0.3) is 0 Å². The third-order valence-electron chi connectivity index (χ3n) is 4.49. The van der Waals surface area contributed by atoms with Gasteiger partial charge in [-0.1, -0.05) is 61.7 Å². The molecule has 0 radical (unpaired) electrons. The zero-order valence-corrected chi connectivity index (χ0v) is 14.9. The summed E-state index contributed by atoms with van der Waals surface area (Å²) in [6.07, 6.45) is 9.16. The summed E-state index contributed by atoms with van der Waals surface area (Å²) >= 11 is 0. The minimum atomic E-state index is -5.33. The Balaban J connectivity index is 2.04. The van der Waals surface area contributed by atoms with E-state index in [-0.39, 0.29) is 19.5 Å². The molecule has 7 heteroatoms. The maximum atomic E-state index is 12.9. The summed E-state index contributed by atoms with van der Waals surface area (Å²) in [7, 11) is -5.33. The van der Waals surface area contributed by atoms with Crippen LogP contribution in [0.4, 0.5) is 13.2 Å². The molecule has 0 saturated heterocycles. The smallest absolute Gasteiger partial charge is 0.203 e. The molecule has 25 heavy (non-hydrogen) atoms. The Morgan fingerprint density at radius 3 is 2.32 bits per heavy atom. The lowest BCUT2D eigenvalue weighted by Crippen LogP contribution is -2.41.